The van der Waals surface area contributed by atoms with Crippen LogP contribution in [0.3, 0.4) is 0 Å². The Balaban J connectivity index is 2.16. The van der Waals surface area contributed by atoms with Crippen molar-refractivity contribution in [3.63, 3.8) is 0 Å². The molecule has 1 fully saturated rings. The van der Waals surface area contributed by atoms with E-state index in [0.29, 0.717) is 19.8 Å². The van der Waals surface area contributed by atoms with Crippen LogP contribution < -0.4 is 10.6 Å². The summed E-state index contributed by atoms with van der Waals surface area (Å²) in [5.74, 6) is 0.00690. The van der Waals surface area contributed by atoms with Crippen molar-refractivity contribution in [1.29, 1.82) is 0 Å². The summed E-state index contributed by atoms with van der Waals surface area (Å²) in [4.78, 5) is 17.7. The second-order valence-corrected chi connectivity index (χ2v) is 4.05. The maximum Gasteiger partial charge on any atom is 0.238 e. The minimum absolute atomic E-state index is 0.00690. The number of rotatable bonds is 3. The summed E-state index contributed by atoms with van der Waals surface area (Å²) in [7, 11) is 1.74. The zero-order valence-electron chi connectivity index (χ0n) is 9.22. The third-order valence-electron chi connectivity index (χ3n) is 2.96. The molecule has 0 aromatic carbocycles. The van der Waals surface area contributed by atoms with Crippen LogP contribution in [0.1, 0.15) is 0 Å². The fraction of sp³-hybridized carbons (Fsp3) is 0.455. The van der Waals surface area contributed by atoms with Crippen molar-refractivity contribution in [2.45, 2.75) is 0 Å². The Kier molecular flexibility index (Phi) is 2.89. The van der Waals surface area contributed by atoms with E-state index in [0.717, 1.165) is 5.69 Å². The number of amides is 1. The Labute approximate surface area is 94.2 Å². The fourth-order valence-corrected chi connectivity index (χ4v) is 1.72. The molecule has 86 valence electrons. The van der Waals surface area contributed by atoms with Gasteiger partial charge in [-0.05, 0) is 12.1 Å². The summed E-state index contributed by atoms with van der Waals surface area (Å²) >= 11 is 0. The summed E-state index contributed by atoms with van der Waals surface area (Å²) in [6.07, 6.45) is 3.32. The lowest BCUT2D eigenvalue weighted by molar-refractivity contribution is -0.156. The number of carbonyl (C=O) groups excluding carboxylic acids is 1. The molecular weight excluding hydrogens is 206 g/mol. The van der Waals surface area contributed by atoms with E-state index in [4.69, 9.17) is 10.5 Å². The second kappa shape index (κ2) is 4.19. The number of ether oxygens (including phenoxy) is 1. The Morgan fingerprint density at radius 1 is 1.56 bits per heavy atom. The van der Waals surface area contributed by atoms with Gasteiger partial charge in [-0.15, -0.1) is 0 Å². The number of hydrogen-bond acceptors (Lipinski definition) is 4. The Hall–Kier alpha value is -1.46. The van der Waals surface area contributed by atoms with Gasteiger partial charge in [-0.1, -0.05) is 0 Å². The molecule has 5 heteroatoms. The van der Waals surface area contributed by atoms with E-state index < -0.39 is 5.41 Å². The molecule has 1 aliphatic rings. The molecule has 0 saturated carbocycles. The first kappa shape index (κ1) is 11.0. The topological polar surface area (TPSA) is 68.5 Å². The van der Waals surface area contributed by atoms with Crippen LogP contribution in [-0.4, -0.2) is 37.7 Å². The van der Waals surface area contributed by atoms with Crippen molar-refractivity contribution in [1.82, 2.24) is 4.98 Å². The summed E-state index contributed by atoms with van der Waals surface area (Å²) in [6, 6.07) is 3.59. The Morgan fingerprint density at radius 2 is 2.19 bits per heavy atom. The molecule has 2 heterocycles. The van der Waals surface area contributed by atoms with Crippen LogP contribution in [0.25, 0.3) is 0 Å². The van der Waals surface area contributed by atoms with E-state index in [9.17, 15) is 4.79 Å². The summed E-state index contributed by atoms with van der Waals surface area (Å²) in [5.41, 5.74) is 5.94. The van der Waals surface area contributed by atoms with E-state index in [2.05, 4.69) is 4.98 Å². The van der Waals surface area contributed by atoms with E-state index >= 15 is 0 Å². The predicted octanol–water partition coefficient (Wildman–Crippen LogP) is 0.0197. The van der Waals surface area contributed by atoms with Gasteiger partial charge in [0.25, 0.3) is 0 Å². The summed E-state index contributed by atoms with van der Waals surface area (Å²) in [5, 5.41) is 0. The van der Waals surface area contributed by atoms with Gasteiger partial charge in [0.05, 0.1) is 13.2 Å². The molecular formula is C11H15N3O2. The molecule has 2 rings (SSSR count). The lowest BCUT2D eigenvalue weighted by atomic mass is 9.84. The molecule has 0 aliphatic carbocycles. The van der Waals surface area contributed by atoms with E-state index in [-0.39, 0.29) is 5.91 Å². The van der Waals surface area contributed by atoms with Gasteiger partial charge in [-0.2, -0.15) is 0 Å². The lowest BCUT2D eigenvalue weighted by Gasteiger charge is -2.41. The van der Waals surface area contributed by atoms with Crippen LogP contribution in [0.5, 0.6) is 0 Å². The highest BCUT2D eigenvalue weighted by Gasteiger charge is 2.46. The number of nitrogens with zero attached hydrogens (tertiary/aromatic N) is 2. The van der Waals surface area contributed by atoms with Crippen LogP contribution in [0, 0.1) is 5.41 Å². The zero-order valence-corrected chi connectivity index (χ0v) is 9.22. The smallest absolute Gasteiger partial charge is 0.238 e. The van der Waals surface area contributed by atoms with Crippen molar-refractivity contribution in [2.75, 3.05) is 31.7 Å². The zero-order chi connectivity index (χ0) is 11.6. The highest BCUT2D eigenvalue weighted by Crippen LogP contribution is 2.29. The standard InChI is InChI=1S/C11H15N3O2/c1-14(9-2-4-13-5-3-9)10(15)11(6-12)7-16-8-11/h2-5H,6-8,12H2,1H3. The Morgan fingerprint density at radius 3 is 2.62 bits per heavy atom. The number of anilines is 1. The summed E-state index contributed by atoms with van der Waals surface area (Å²) in [6.45, 7) is 1.15. The number of nitrogens with two attached hydrogens (primary N) is 1. The largest absolute Gasteiger partial charge is 0.379 e. The van der Waals surface area contributed by atoms with Crippen molar-refractivity contribution in [3.8, 4) is 0 Å². The quantitative estimate of drug-likeness (QED) is 0.781. The molecule has 0 radical (unpaired) electrons. The number of carbonyl (C=O) groups is 1. The maximum absolute atomic E-state index is 12.2. The molecule has 0 spiro atoms. The fourth-order valence-electron chi connectivity index (χ4n) is 1.72. The van der Waals surface area contributed by atoms with E-state index in [1.807, 2.05) is 0 Å². The van der Waals surface area contributed by atoms with Crippen LogP contribution in [-0.2, 0) is 9.53 Å². The molecule has 1 aromatic rings. The minimum atomic E-state index is -0.530. The van der Waals surface area contributed by atoms with Crippen molar-refractivity contribution >= 4 is 11.6 Å². The third kappa shape index (κ3) is 1.68. The van der Waals surface area contributed by atoms with E-state index in [1.54, 1.807) is 36.5 Å². The normalized spacial score (nSPS) is 17.6. The molecule has 1 aliphatic heterocycles. The highest BCUT2D eigenvalue weighted by atomic mass is 16.5. The minimum Gasteiger partial charge on any atom is -0.379 e. The molecule has 0 unspecified atom stereocenters. The third-order valence-corrected chi connectivity index (χ3v) is 2.96. The van der Waals surface area contributed by atoms with Gasteiger partial charge in [0.2, 0.25) is 5.91 Å². The van der Waals surface area contributed by atoms with Crippen LogP contribution >= 0.6 is 0 Å². The monoisotopic (exact) mass is 221 g/mol. The first-order chi connectivity index (χ1) is 7.69. The van der Waals surface area contributed by atoms with Gasteiger partial charge < -0.3 is 15.4 Å². The number of hydrogen-bond donors (Lipinski definition) is 1. The highest BCUT2D eigenvalue weighted by molar-refractivity contribution is 5.98. The SMILES string of the molecule is CN(C(=O)C1(CN)COC1)c1ccncc1. The first-order valence-electron chi connectivity index (χ1n) is 5.16. The molecule has 0 atom stereocenters. The van der Waals surface area contributed by atoms with Gasteiger partial charge >= 0.3 is 0 Å². The summed E-state index contributed by atoms with van der Waals surface area (Å²) < 4.78 is 5.10. The first-order valence-corrected chi connectivity index (χ1v) is 5.16. The second-order valence-electron chi connectivity index (χ2n) is 4.05. The lowest BCUT2D eigenvalue weighted by Crippen LogP contribution is -2.58. The molecule has 0 bridgehead atoms. The van der Waals surface area contributed by atoms with Crippen molar-refractivity contribution < 1.29 is 9.53 Å². The van der Waals surface area contributed by atoms with E-state index in [1.165, 1.54) is 0 Å². The molecule has 1 saturated heterocycles. The van der Waals surface area contributed by atoms with Crippen LogP contribution in [0.2, 0.25) is 0 Å². The maximum atomic E-state index is 12.2. The average Bonchev–Trinajstić information content (AvgIpc) is 2.28. The number of aromatic nitrogens is 1. The van der Waals surface area contributed by atoms with Gasteiger partial charge in [-0.25, -0.2) is 0 Å². The van der Waals surface area contributed by atoms with Gasteiger partial charge in [0.1, 0.15) is 5.41 Å². The molecule has 16 heavy (non-hydrogen) atoms. The average molecular weight is 221 g/mol. The van der Waals surface area contributed by atoms with Gasteiger partial charge in [0, 0.05) is 31.7 Å². The van der Waals surface area contributed by atoms with Crippen molar-refractivity contribution in [3.05, 3.63) is 24.5 Å². The molecule has 1 aromatic heterocycles. The molecule has 1 amide bonds. The predicted molar refractivity (Wildman–Crippen MR) is 60.0 cm³/mol. The number of pyridine rings is 1. The Bertz CT molecular complexity index is 371. The molecule has 2 N–H and O–H groups in total. The van der Waals surface area contributed by atoms with Gasteiger partial charge in [0.15, 0.2) is 0 Å². The van der Waals surface area contributed by atoms with Gasteiger partial charge in [-0.3, -0.25) is 9.78 Å². The van der Waals surface area contributed by atoms with Crippen molar-refractivity contribution in [2.24, 2.45) is 11.1 Å². The molecule has 5 nitrogen and oxygen atoms in total. The van der Waals surface area contributed by atoms with Crippen LogP contribution in [0.4, 0.5) is 5.69 Å². The van der Waals surface area contributed by atoms with Crippen LogP contribution in [0.15, 0.2) is 24.5 Å².